The highest BCUT2D eigenvalue weighted by atomic mass is 14.8. The smallest absolute Gasteiger partial charge is 0.127 e. The third-order valence-electron chi connectivity index (χ3n) is 2.73. The fraction of sp³-hybridized carbons (Fsp3) is 0.308. The summed E-state index contributed by atoms with van der Waals surface area (Å²) < 4.78 is 0. The normalized spacial score (nSPS) is 11.2. The second-order valence-electron chi connectivity index (χ2n) is 4.26. The quantitative estimate of drug-likeness (QED) is 0.767. The maximum atomic E-state index is 5.84. The number of aromatic nitrogens is 1. The van der Waals surface area contributed by atoms with Crippen molar-refractivity contribution in [2.45, 2.75) is 26.7 Å². The van der Waals surface area contributed by atoms with Gasteiger partial charge in [0.25, 0.3) is 0 Å². The Balaban J connectivity index is 2.80. The number of anilines is 1. The van der Waals surface area contributed by atoms with Crippen LogP contribution >= 0.6 is 0 Å². The summed E-state index contributed by atoms with van der Waals surface area (Å²) in [6.45, 7) is 6.34. The van der Waals surface area contributed by atoms with Gasteiger partial charge in [-0.25, -0.2) is 4.98 Å². The first-order chi connectivity index (χ1) is 7.09. The monoisotopic (exact) mass is 200 g/mol. The van der Waals surface area contributed by atoms with Gasteiger partial charge in [0.2, 0.25) is 0 Å². The minimum Gasteiger partial charge on any atom is -0.383 e. The van der Waals surface area contributed by atoms with E-state index in [2.05, 4.69) is 43.1 Å². The van der Waals surface area contributed by atoms with Crippen LogP contribution in [0.2, 0.25) is 0 Å². The molecule has 0 saturated carbocycles. The molecule has 1 aromatic carbocycles. The number of nitrogens with zero attached hydrogens (tertiary/aromatic N) is 1. The lowest BCUT2D eigenvalue weighted by molar-refractivity contribution is 0.873. The SMILES string of the molecule is Cc1cc2cccc(C(C)C)c2nc1N. The van der Waals surface area contributed by atoms with Crippen LogP contribution in [0.25, 0.3) is 10.9 Å². The van der Waals surface area contributed by atoms with Crippen LogP contribution < -0.4 is 5.73 Å². The summed E-state index contributed by atoms with van der Waals surface area (Å²) in [4.78, 5) is 4.47. The third kappa shape index (κ3) is 1.67. The average molecular weight is 200 g/mol. The maximum Gasteiger partial charge on any atom is 0.127 e. The molecular weight excluding hydrogens is 184 g/mol. The van der Waals surface area contributed by atoms with E-state index < -0.39 is 0 Å². The minimum absolute atomic E-state index is 0.475. The molecule has 0 saturated heterocycles. The molecule has 2 rings (SSSR count). The lowest BCUT2D eigenvalue weighted by Crippen LogP contribution is -1.98. The Hall–Kier alpha value is -1.57. The predicted molar refractivity (Wildman–Crippen MR) is 65.0 cm³/mol. The first kappa shape index (κ1) is 9.97. The molecule has 15 heavy (non-hydrogen) atoms. The highest BCUT2D eigenvalue weighted by Gasteiger charge is 2.07. The van der Waals surface area contributed by atoms with Crippen LogP contribution in [0, 0.1) is 6.92 Å². The van der Waals surface area contributed by atoms with Crippen LogP contribution in [0.3, 0.4) is 0 Å². The lowest BCUT2D eigenvalue weighted by Gasteiger charge is -2.10. The predicted octanol–water partition coefficient (Wildman–Crippen LogP) is 3.25. The van der Waals surface area contributed by atoms with Gasteiger partial charge in [-0.1, -0.05) is 32.0 Å². The largest absolute Gasteiger partial charge is 0.383 e. The second-order valence-corrected chi connectivity index (χ2v) is 4.26. The number of rotatable bonds is 1. The molecule has 78 valence electrons. The van der Waals surface area contributed by atoms with Crippen molar-refractivity contribution in [1.29, 1.82) is 0 Å². The van der Waals surface area contributed by atoms with Gasteiger partial charge in [0.15, 0.2) is 0 Å². The number of hydrogen-bond donors (Lipinski definition) is 1. The number of nitrogens with two attached hydrogens (primary N) is 1. The number of pyridine rings is 1. The summed E-state index contributed by atoms with van der Waals surface area (Å²) in [5.41, 5.74) is 9.19. The summed E-state index contributed by atoms with van der Waals surface area (Å²) in [5, 5.41) is 1.17. The first-order valence-electron chi connectivity index (χ1n) is 5.25. The summed E-state index contributed by atoms with van der Waals surface area (Å²) in [6, 6.07) is 8.38. The fourth-order valence-corrected chi connectivity index (χ4v) is 1.81. The van der Waals surface area contributed by atoms with Crippen molar-refractivity contribution in [3.63, 3.8) is 0 Å². The summed E-state index contributed by atoms with van der Waals surface area (Å²) in [6.07, 6.45) is 0. The van der Waals surface area contributed by atoms with Crippen molar-refractivity contribution in [2.24, 2.45) is 0 Å². The topological polar surface area (TPSA) is 38.9 Å². The van der Waals surface area contributed by atoms with Gasteiger partial charge >= 0.3 is 0 Å². The van der Waals surface area contributed by atoms with E-state index in [1.807, 2.05) is 6.92 Å². The van der Waals surface area contributed by atoms with E-state index in [1.54, 1.807) is 0 Å². The van der Waals surface area contributed by atoms with E-state index in [-0.39, 0.29) is 0 Å². The molecule has 0 fully saturated rings. The highest BCUT2D eigenvalue weighted by Crippen LogP contribution is 2.25. The van der Waals surface area contributed by atoms with Crippen molar-refractivity contribution in [3.05, 3.63) is 35.4 Å². The van der Waals surface area contributed by atoms with Gasteiger partial charge in [-0.15, -0.1) is 0 Å². The molecule has 0 aliphatic rings. The Labute approximate surface area is 90.1 Å². The van der Waals surface area contributed by atoms with Gasteiger partial charge in [0.05, 0.1) is 5.52 Å². The molecule has 0 atom stereocenters. The minimum atomic E-state index is 0.475. The number of nitrogen functional groups attached to an aromatic ring is 1. The van der Waals surface area contributed by atoms with Crippen molar-refractivity contribution >= 4 is 16.7 Å². The summed E-state index contributed by atoms with van der Waals surface area (Å²) in [5.74, 6) is 1.11. The molecular formula is C13H16N2. The highest BCUT2D eigenvalue weighted by molar-refractivity contribution is 5.84. The van der Waals surface area contributed by atoms with Gasteiger partial charge in [-0.2, -0.15) is 0 Å². The van der Waals surface area contributed by atoms with Crippen LogP contribution in [-0.2, 0) is 0 Å². The summed E-state index contributed by atoms with van der Waals surface area (Å²) in [7, 11) is 0. The molecule has 1 aromatic heterocycles. The van der Waals surface area contributed by atoms with Crippen LogP contribution in [-0.4, -0.2) is 4.98 Å². The second kappa shape index (κ2) is 3.54. The van der Waals surface area contributed by atoms with E-state index in [0.717, 1.165) is 11.1 Å². The molecule has 2 heteroatoms. The first-order valence-corrected chi connectivity index (χ1v) is 5.25. The summed E-state index contributed by atoms with van der Waals surface area (Å²) >= 11 is 0. The van der Waals surface area contributed by atoms with E-state index in [4.69, 9.17) is 5.73 Å². The Morgan fingerprint density at radius 3 is 2.67 bits per heavy atom. The molecule has 2 N–H and O–H groups in total. The van der Waals surface area contributed by atoms with Crippen molar-refractivity contribution in [1.82, 2.24) is 4.98 Å². The number of hydrogen-bond acceptors (Lipinski definition) is 2. The Bertz CT molecular complexity index is 501. The maximum absolute atomic E-state index is 5.84. The van der Waals surface area contributed by atoms with E-state index in [0.29, 0.717) is 11.7 Å². The zero-order valence-corrected chi connectivity index (χ0v) is 9.41. The standard InChI is InChI=1S/C13H16N2/c1-8(2)11-6-4-5-10-7-9(3)13(14)15-12(10)11/h4-8H,1-3H3,(H2,14,15). The molecule has 2 aromatic rings. The zero-order valence-electron chi connectivity index (χ0n) is 9.41. The van der Waals surface area contributed by atoms with Gasteiger partial charge in [0.1, 0.15) is 5.82 Å². The van der Waals surface area contributed by atoms with E-state index in [9.17, 15) is 0 Å². The van der Waals surface area contributed by atoms with Crippen LogP contribution in [0.5, 0.6) is 0 Å². The lowest BCUT2D eigenvalue weighted by atomic mass is 9.99. The van der Waals surface area contributed by atoms with Crippen molar-refractivity contribution < 1.29 is 0 Å². The number of benzene rings is 1. The molecule has 0 bridgehead atoms. The number of para-hydroxylation sites is 1. The zero-order chi connectivity index (χ0) is 11.0. The molecule has 0 unspecified atom stereocenters. The molecule has 0 aliphatic carbocycles. The number of aryl methyl sites for hydroxylation is 1. The van der Waals surface area contributed by atoms with Crippen LogP contribution in [0.15, 0.2) is 24.3 Å². The Morgan fingerprint density at radius 2 is 2.00 bits per heavy atom. The van der Waals surface area contributed by atoms with Crippen molar-refractivity contribution in [2.75, 3.05) is 5.73 Å². The third-order valence-corrected chi connectivity index (χ3v) is 2.73. The number of fused-ring (bicyclic) bond motifs is 1. The molecule has 0 spiro atoms. The van der Waals surface area contributed by atoms with Gasteiger partial charge < -0.3 is 5.73 Å². The molecule has 1 heterocycles. The van der Waals surface area contributed by atoms with Crippen LogP contribution in [0.1, 0.15) is 30.9 Å². The van der Waals surface area contributed by atoms with Crippen LogP contribution in [0.4, 0.5) is 5.82 Å². The molecule has 2 nitrogen and oxygen atoms in total. The Morgan fingerprint density at radius 1 is 1.27 bits per heavy atom. The van der Waals surface area contributed by atoms with E-state index in [1.165, 1.54) is 10.9 Å². The van der Waals surface area contributed by atoms with Crippen molar-refractivity contribution in [3.8, 4) is 0 Å². The van der Waals surface area contributed by atoms with Gasteiger partial charge in [-0.3, -0.25) is 0 Å². The van der Waals surface area contributed by atoms with Gasteiger partial charge in [0, 0.05) is 5.39 Å². The Kier molecular flexibility index (Phi) is 2.35. The van der Waals surface area contributed by atoms with E-state index >= 15 is 0 Å². The average Bonchev–Trinajstić information content (AvgIpc) is 2.18. The fourth-order valence-electron chi connectivity index (χ4n) is 1.81. The molecule has 0 amide bonds. The van der Waals surface area contributed by atoms with Gasteiger partial charge in [-0.05, 0) is 30.0 Å². The molecule has 0 radical (unpaired) electrons. The molecule has 0 aliphatic heterocycles.